The Morgan fingerprint density at radius 1 is 1.33 bits per heavy atom. The molecular formula is C11H18N2O2. The molecule has 1 unspecified atom stereocenters. The van der Waals surface area contributed by atoms with Crippen molar-refractivity contribution < 1.29 is 9.47 Å². The first-order chi connectivity index (χ1) is 7.26. The van der Waals surface area contributed by atoms with Gasteiger partial charge < -0.3 is 20.9 Å². The highest BCUT2D eigenvalue weighted by Crippen LogP contribution is 2.35. The molecule has 2 bridgehead atoms. The van der Waals surface area contributed by atoms with Crippen molar-refractivity contribution in [3.63, 3.8) is 0 Å². The molecule has 1 aromatic rings. The number of rotatable bonds is 2. The van der Waals surface area contributed by atoms with E-state index in [2.05, 4.69) is 23.6 Å². The van der Waals surface area contributed by atoms with E-state index in [-0.39, 0.29) is 12.8 Å². The lowest BCUT2D eigenvalue weighted by molar-refractivity contribution is 0.109. The Hall–Kier alpha value is -1.10. The van der Waals surface area contributed by atoms with Gasteiger partial charge >= 0.3 is 0 Å². The first-order valence-corrected chi connectivity index (χ1v) is 4.86. The van der Waals surface area contributed by atoms with Crippen molar-refractivity contribution in [2.24, 2.45) is 11.5 Å². The van der Waals surface area contributed by atoms with E-state index in [0.717, 1.165) is 12.2 Å². The number of benzene rings is 1. The average molecular weight is 210 g/mol. The van der Waals surface area contributed by atoms with E-state index in [4.69, 9.17) is 9.47 Å². The number of hydrogen-bond acceptors (Lipinski definition) is 4. The van der Waals surface area contributed by atoms with Crippen LogP contribution < -0.4 is 16.2 Å². The standard InChI is InChI=1S/C10H12O2.CH6N2/c1-11-9-4-3-7-5-8(9)6-10(7)12-2;2-1-3/h3-5,10H,6H2,1-2H3;1-3H2. The van der Waals surface area contributed by atoms with E-state index in [9.17, 15) is 0 Å². The van der Waals surface area contributed by atoms with Gasteiger partial charge in [-0.05, 0) is 23.3 Å². The van der Waals surface area contributed by atoms with Crippen LogP contribution >= 0.6 is 0 Å². The summed E-state index contributed by atoms with van der Waals surface area (Å²) in [7, 11) is 3.44. The number of nitrogens with two attached hydrogens (primary N) is 2. The molecule has 4 nitrogen and oxygen atoms in total. The molecule has 0 fully saturated rings. The van der Waals surface area contributed by atoms with E-state index >= 15 is 0 Å². The van der Waals surface area contributed by atoms with Gasteiger partial charge in [-0.2, -0.15) is 0 Å². The lowest BCUT2D eigenvalue weighted by Crippen LogP contribution is -2.08. The zero-order chi connectivity index (χ0) is 11.3. The van der Waals surface area contributed by atoms with Gasteiger partial charge in [0.25, 0.3) is 0 Å². The predicted molar refractivity (Wildman–Crippen MR) is 59.7 cm³/mol. The second-order valence-electron chi connectivity index (χ2n) is 3.24. The summed E-state index contributed by atoms with van der Waals surface area (Å²) < 4.78 is 10.5. The average Bonchev–Trinajstić information content (AvgIpc) is 2.57. The van der Waals surface area contributed by atoms with Crippen molar-refractivity contribution in [2.45, 2.75) is 12.5 Å². The first kappa shape index (κ1) is 12.0. The van der Waals surface area contributed by atoms with Gasteiger partial charge in [0, 0.05) is 20.2 Å². The summed E-state index contributed by atoms with van der Waals surface area (Å²) in [6.07, 6.45) is 1.19. The molecule has 2 rings (SSSR count). The zero-order valence-electron chi connectivity index (χ0n) is 9.19. The lowest BCUT2D eigenvalue weighted by atomic mass is 10.2. The third-order valence-corrected chi connectivity index (χ3v) is 2.37. The zero-order valence-corrected chi connectivity index (χ0v) is 9.19. The maximum Gasteiger partial charge on any atom is 0.122 e. The summed E-state index contributed by atoms with van der Waals surface area (Å²) in [4.78, 5) is 0. The molecule has 4 heteroatoms. The molecule has 0 radical (unpaired) electrons. The highest BCUT2D eigenvalue weighted by Gasteiger charge is 2.21. The van der Waals surface area contributed by atoms with Gasteiger partial charge in [-0.3, -0.25) is 0 Å². The minimum absolute atomic E-state index is 0.240. The Bertz CT molecular complexity index is 315. The van der Waals surface area contributed by atoms with Crippen molar-refractivity contribution in [3.8, 4) is 5.75 Å². The second-order valence-corrected chi connectivity index (χ2v) is 3.24. The van der Waals surface area contributed by atoms with Gasteiger partial charge in [-0.25, -0.2) is 0 Å². The molecule has 1 aliphatic rings. The van der Waals surface area contributed by atoms with Gasteiger partial charge in [0.1, 0.15) is 5.75 Å². The van der Waals surface area contributed by atoms with Gasteiger partial charge in [0.15, 0.2) is 0 Å². The second kappa shape index (κ2) is 5.70. The van der Waals surface area contributed by atoms with Crippen LogP contribution in [0.3, 0.4) is 0 Å². The van der Waals surface area contributed by atoms with E-state index < -0.39 is 0 Å². The van der Waals surface area contributed by atoms with Crippen molar-refractivity contribution >= 4 is 0 Å². The van der Waals surface area contributed by atoms with E-state index in [1.54, 1.807) is 14.2 Å². The molecule has 1 atom stereocenters. The molecule has 0 spiro atoms. The highest BCUT2D eigenvalue weighted by molar-refractivity contribution is 5.43. The van der Waals surface area contributed by atoms with Crippen LogP contribution in [0.5, 0.6) is 5.75 Å². The lowest BCUT2D eigenvalue weighted by Gasteiger charge is -2.05. The van der Waals surface area contributed by atoms with Crippen LogP contribution in [0.25, 0.3) is 0 Å². The molecule has 0 heterocycles. The maximum atomic E-state index is 5.31. The molecule has 1 aromatic carbocycles. The molecule has 15 heavy (non-hydrogen) atoms. The van der Waals surface area contributed by atoms with E-state index in [1.807, 2.05) is 6.07 Å². The minimum Gasteiger partial charge on any atom is -0.496 e. The van der Waals surface area contributed by atoms with Crippen molar-refractivity contribution in [2.75, 3.05) is 20.9 Å². The predicted octanol–water partition coefficient (Wildman–Crippen LogP) is 0.800. The van der Waals surface area contributed by atoms with Crippen LogP contribution in [-0.4, -0.2) is 20.9 Å². The molecular weight excluding hydrogens is 192 g/mol. The third-order valence-electron chi connectivity index (χ3n) is 2.37. The Labute approximate surface area is 90.2 Å². The molecule has 0 amide bonds. The van der Waals surface area contributed by atoms with Crippen molar-refractivity contribution in [3.05, 3.63) is 29.3 Å². The number of methoxy groups -OCH3 is 2. The van der Waals surface area contributed by atoms with Gasteiger partial charge in [0.05, 0.1) is 13.2 Å². The molecule has 0 aliphatic heterocycles. The Balaban J connectivity index is 0.000000337. The molecule has 4 N–H and O–H groups in total. The largest absolute Gasteiger partial charge is 0.496 e. The van der Waals surface area contributed by atoms with Crippen LogP contribution in [0.1, 0.15) is 17.2 Å². The van der Waals surface area contributed by atoms with Crippen LogP contribution in [0.2, 0.25) is 0 Å². The molecule has 84 valence electrons. The van der Waals surface area contributed by atoms with Crippen LogP contribution in [0.15, 0.2) is 18.2 Å². The van der Waals surface area contributed by atoms with Crippen LogP contribution in [0.4, 0.5) is 0 Å². The van der Waals surface area contributed by atoms with Crippen LogP contribution in [-0.2, 0) is 11.2 Å². The Morgan fingerprint density at radius 3 is 2.53 bits per heavy atom. The first-order valence-electron chi connectivity index (χ1n) is 4.86. The summed E-state index contributed by atoms with van der Waals surface area (Å²) in [6, 6.07) is 6.21. The fourth-order valence-corrected chi connectivity index (χ4v) is 1.70. The van der Waals surface area contributed by atoms with Gasteiger partial charge in [0.2, 0.25) is 0 Å². The van der Waals surface area contributed by atoms with Gasteiger partial charge in [-0.15, -0.1) is 0 Å². The molecule has 0 aromatic heterocycles. The minimum atomic E-state index is 0.240. The number of ether oxygens (including phenoxy) is 2. The molecule has 0 saturated heterocycles. The maximum absolute atomic E-state index is 5.31. The number of fused-ring (bicyclic) bond motifs is 2. The smallest absolute Gasteiger partial charge is 0.122 e. The fraction of sp³-hybridized carbons (Fsp3) is 0.455. The highest BCUT2D eigenvalue weighted by atomic mass is 16.5. The third kappa shape index (κ3) is 2.68. The number of hydrogen-bond donors (Lipinski definition) is 2. The van der Waals surface area contributed by atoms with Crippen molar-refractivity contribution in [1.82, 2.24) is 0 Å². The summed E-state index contributed by atoms with van der Waals surface area (Å²) in [5.74, 6) is 0.971. The topological polar surface area (TPSA) is 70.5 Å². The summed E-state index contributed by atoms with van der Waals surface area (Å²) in [5.41, 5.74) is 11.8. The van der Waals surface area contributed by atoms with Crippen molar-refractivity contribution in [1.29, 1.82) is 0 Å². The van der Waals surface area contributed by atoms with E-state index in [1.165, 1.54) is 11.1 Å². The Kier molecular flexibility index (Phi) is 4.55. The summed E-state index contributed by atoms with van der Waals surface area (Å²) in [6.45, 7) is 0.250. The SMILES string of the molecule is COc1ccc2cc1CC2OC.NCN. The van der Waals surface area contributed by atoms with Crippen LogP contribution in [0, 0.1) is 0 Å². The fourth-order valence-electron chi connectivity index (χ4n) is 1.70. The Morgan fingerprint density at radius 2 is 2.00 bits per heavy atom. The summed E-state index contributed by atoms with van der Waals surface area (Å²) in [5, 5.41) is 0. The summed E-state index contributed by atoms with van der Waals surface area (Å²) >= 11 is 0. The molecule has 0 saturated carbocycles. The quantitative estimate of drug-likeness (QED) is 0.708. The van der Waals surface area contributed by atoms with E-state index in [0.29, 0.717) is 0 Å². The monoisotopic (exact) mass is 210 g/mol. The molecule has 1 aliphatic carbocycles. The van der Waals surface area contributed by atoms with Gasteiger partial charge in [-0.1, -0.05) is 6.07 Å². The normalized spacial score (nSPS) is 16.9.